The third-order valence-electron chi connectivity index (χ3n) is 5.25. The van der Waals surface area contributed by atoms with E-state index < -0.39 is 23.9 Å². The Bertz CT molecular complexity index is 1240. The van der Waals surface area contributed by atoms with E-state index in [1.807, 2.05) is 36.4 Å². The highest BCUT2D eigenvalue weighted by Crippen LogP contribution is 2.34. The largest absolute Gasteiger partial charge is 0.467 e. The first-order chi connectivity index (χ1) is 16.8. The molecule has 1 atom stereocenters. The molecule has 0 aliphatic rings. The molecule has 182 valence electrons. The number of rotatable bonds is 9. The van der Waals surface area contributed by atoms with Crippen molar-refractivity contribution >= 4 is 34.6 Å². The van der Waals surface area contributed by atoms with Gasteiger partial charge in [0.1, 0.15) is 17.5 Å². The zero-order valence-electron chi connectivity index (χ0n) is 19.8. The molecule has 0 saturated heterocycles. The Balaban J connectivity index is 1.75. The van der Waals surface area contributed by atoms with E-state index >= 15 is 0 Å². The number of fused-ring (bicyclic) bond motifs is 1. The molecule has 8 nitrogen and oxygen atoms in total. The Kier molecular flexibility index (Phi) is 8.56. The molecule has 0 aliphatic carbocycles. The van der Waals surface area contributed by atoms with Crippen molar-refractivity contribution in [1.29, 1.82) is 0 Å². The lowest BCUT2D eigenvalue weighted by molar-refractivity contribution is -0.145. The highest BCUT2D eigenvalue weighted by molar-refractivity contribution is 5.96. The van der Waals surface area contributed by atoms with E-state index in [0.717, 1.165) is 11.1 Å². The average Bonchev–Trinajstić information content (AvgIpc) is 2.83. The molecule has 0 bridgehead atoms. The van der Waals surface area contributed by atoms with Crippen molar-refractivity contribution in [3.8, 4) is 11.5 Å². The highest BCUT2D eigenvalue weighted by Gasteiger charge is 2.22. The maximum absolute atomic E-state index is 12.6. The molecule has 0 radical (unpaired) electrons. The summed E-state index contributed by atoms with van der Waals surface area (Å²) < 4.78 is 15.4. The predicted molar refractivity (Wildman–Crippen MR) is 129 cm³/mol. The van der Waals surface area contributed by atoms with Gasteiger partial charge in [0, 0.05) is 37.5 Å². The van der Waals surface area contributed by atoms with E-state index in [-0.39, 0.29) is 12.3 Å². The highest BCUT2D eigenvalue weighted by atomic mass is 16.5. The van der Waals surface area contributed by atoms with Crippen LogP contribution in [-0.2, 0) is 36.8 Å². The SMILES string of the molecule is COC(=O)[C@H](Cc1ccccc1)NC(=O)CCc1ccc2c(OC(C)=O)ccc(OC(C)=O)c2c1. The first-order valence-corrected chi connectivity index (χ1v) is 11.1. The maximum atomic E-state index is 12.6. The summed E-state index contributed by atoms with van der Waals surface area (Å²) in [6.07, 6.45) is 0.818. The van der Waals surface area contributed by atoms with Gasteiger partial charge in [-0.25, -0.2) is 4.79 Å². The summed E-state index contributed by atoms with van der Waals surface area (Å²) in [6.45, 7) is 2.60. The molecule has 1 amide bonds. The topological polar surface area (TPSA) is 108 Å². The van der Waals surface area contributed by atoms with Gasteiger partial charge in [-0.2, -0.15) is 0 Å². The van der Waals surface area contributed by atoms with Gasteiger partial charge in [-0.05, 0) is 35.7 Å². The lowest BCUT2D eigenvalue weighted by Crippen LogP contribution is -2.43. The van der Waals surface area contributed by atoms with Crippen LogP contribution in [0, 0.1) is 0 Å². The molecule has 0 aromatic heterocycles. The van der Waals surface area contributed by atoms with Crippen molar-refractivity contribution in [3.63, 3.8) is 0 Å². The number of benzene rings is 3. The van der Waals surface area contributed by atoms with Crippen molar-refractivity contribution in [2.75, 3.05) is 7.11 Å². The third kappa shape index (κ3) is 7.14. The molecular weight excluding hydrogens is 450 g/mol. The summed E-state index contributed by atoms with van der Waals surface area (Å²) in [7, 11) is 1.28. The van der Waals surface area contributed by atoms with Gasteiger partial charge in [0.15, 0.2) is 0 Å². The minimum absolute atomic E-state index is 0.125. The molecule has 0 heterocycles. The van der Waals surface area contributed by atoms with Crippen LogP contribution in [0.15, 0.2) is 60.7 Å². The number of hydrogen-bond donors (Lipinski definition) is 1. The monoisotopic (exact) mass is 477 g/mol. The summed E-state index contributed by atoms with van der Waals surface area (Å²) in [6, 6.07) is 17.0. The predicted octanol–water partition coefficient (Wildman–Crippen LogP) is 3.52. The smallest absolute Gasteiger partial charge is 0.328 e. The van der Waals surface area contributed by atoms with Crippen molar-refractivity contribution < 1.29 is 33.4 Å². The number of amides is 1. The van der Waals surface area contributed by atoms with E-state index in [1.165, 1.54) is 21.0 Å². The second-order valence-electron chi connectivity index (χ2n) is 7.96. The van der Waals surface area contributed by atoms with Crippen LogP contribution in [0.1, 0.15) is 31.4 Å². The number of esters is 3. The molecule has 0 fully saturated rings. The number of carbonyl (C=O) groups is 4. The number of nitrogens with one attached hydrogen (secondary N) is 1. The van der Waals surface area contributed by atoms with Gasteiger partial charge >= 0.3 is 17.9 Å². The summed E-state index contributed by atoms with van der Waals surface area (Å²) in [5.41, 5.74) is 1.71. The minimum Gasteiger partial charge on any atom is -0.467 e. The Morgan fingerprint density at radius 1 is 0.800 bits per heavy atom. The number of aryl methyl sites for hydroxylation is 1. The molecule has 35 heavy (non-hydrogen) atoms. The van der Waals surface area contributed by atoms with Gasteiger partial charge in [0.2, 0.25) is 5.91 Å². The zero-order chi connectivity index (χ0) is 25.4. The fourth-order valence-electron chi connectivity index (χ4n) is 3.69. The van der Waals surface area contributed by atoms with Crippen molar-refractivity contribution in [2.45, 2.75) is 39.2 Å². The second kappa shape index (κ2) is 11.8. The fourth-order valence-corrected chi connectivity index (χ4v) is 3.69. The number of carbonyl (C=O) groups excluding carboxylic acids is 4. The molecule has 0 aliphatic heterocycles. The summed E-state index contributed by atoms with van der Waals surface area (Å²) in [5.74, 6) is -1.10. The van der Waals surface area contributed by atoms with Crippen LogP contribution >= 0.6 is 0 Å². The first kappa shape index (κ1) is 25.4. The number of methoxy groups -OCH3 is 1. The third-order valence-corrected chi connectivity index (χ3v) is 5.25. The van der Waals surface area contributed by atoms with Gasteiger partial charge < -0.3 is 19.5 Å². The average molecular weight is 478 g/mol. The van der Waals surface area contributed by atoms with E-state index in [9.17, 15) is 19.2 Å². The summed E-state index contributed by atoms with van der Waals surface area (Å²) in [4.78, 5) is 47.8. The molecule has 8 heteroatoms. The van der Waals surface area contributed by atoms with Crippen LogP contribution in [0.2, 0.25) is 0 Å². The molecule has 3 aromatic carbocycles. The lowest BCUT2D eigenvalue weighted by Gasteiger charge is -2.17. The Labute approximate surface area is 203 Å². The summed E-state index contributed by atoms with van der Waals surface area (Å²) >= 11 is 0. The first-order valence-electron chi connectivity index (χ1n) is 11.1. The van der Waals surface area contributed by atoms with Crippen LogP contribution in [0.3, 0.4) is 0 Å². The molecule has 0 spiro atoms. The quantitative estimate of drug-likeness (QED) is 0.371. The molecular formula is C27H27NO7. The number of ether oxygens (including phenoxy) is 3. The number of hydrogen-bond acceptors (Lipinski definition) is 7. The minimum atomic E-state index is -0.798. The zero-order valence-corrected chi connectivity index (χ0v) is 19.8. The van der Waals surface area contributed by atoms with Crippen LogP contribution in [0.4, 0.5) is 0 Å². The van der Waals surface area contributed by atoms with Crippen LogP contribution in [-0.4, -0.2) is 37.0 Å². The van der Waals surface area contributed by atoms with Gasteiger partial charge in [0.05, 0.1) is 7.11 Å². The fraction of sp³-hybridized carbons (Fsp3) is 0.259. The van der Waals surface area contributed by atoms with Crippen LogP contribution in [0.25, 0.3) is 10.8 Å². The van der Waals surface area contributed by atoms with E-state index in [2.05, 4.69) is 5.32 Å². The van der Waals surface area contributed by atoms with Gasteiger partial charge in [-0.3, -0.25) is 14.4 Å². The van der Waals surface area contributed by atoms with Gasteiger partial charge in [-0.15, -0.1) is 0 Å². The Hall–Kier alpha value is -4.20. The standard InChI is InChI=1S/C27H27NO7/c1-17(29)34-24-12-13-25(35-18(2)30)22-15-20(9-11-21(22)24)10-14-26(31)28-23(27(32)33-3)16-19-7-5-4-6-8-19/h4-9,11-13,15,23H,10,14,16H2,1-3H3,(H,28,31)/t23-/m0/s1. The lowest BCUT2D eigenvalue weighted by atomic mass is 10.0. The molecule has 0 saturated carbocycles. The van der Waals surface area contributed by atoms with E-state index in [4.69, 9.17) is 14.2 Å². The Morgan fingerprint density at radius 3 is 2.03 bits per heavy atom. The second-order valence-corrected chi connectivity index (χ2v) is 7.96. The van der Waals surface area contributed by atoms with Crippen molar-refractivity contribution in [2.24, 2.45) is 0 Å². The summed E-state index contributed by atoms with van der Waals surface area (Å²) in [5, 5.41) is 3.93. The van der Waals surface area contributed by atoms with Gasteiger partial charge in [0.25, 0.3) is 0 Å². The molecule has 3 aromatic rings. The van der Waals surface area contributed by atoms with E-state index in [1.54, 1.807) is 24.3 Å². The van der Waals surface area contributed by atoms with Gasteiger partial charge in [-0.1, -0.05) is 42.5 Å². The van der Waals surface area contributed by atoms with Crippen LogP contribution < -0.4 is 14.8 Å². The molecule has 0 unspecified atom stereocenters. The maximum Gasteiger partial charge on any atom is 0.328 e. The molecule has 3 rings (SSSR count). The van der Waals surface area contributed by atoms with E-state index in [0.29, 0.717) is 35.1 Å². The van der Waals surface area contributed by atoms with Crippen LogP contribution in [0.5, 0.6) is 11.5 Å². The normalized spacial score (nSPS) is 11.4. The molecule has 1 N–H and O–H groups in total. The van der Waals surface area contributed by atoms with Crippen molar-refractivity contribution in [3.05, 3.63) is 71.8 Å². The Morgan fingerprint density at radius 2 is 1.43 bits per heavy atom. The van der Waals surface area contributed by atoms with Crippen molar-refractivity contribution in [1.82, 2.24) is 5.32 Å².